The van der Waals surface area contributed by atoms with Crippen molar-refractivity contribution in [1.29, 1.82) is 0 Å². The van der Waals surface area contributed by atoms with Crippen LogP contribution in [0.15, 0.2) is 35.7 Å². The lowest BCUT2D eigenvalue weighted by Crippen LogP contribution is -2.37. The fourth-order valence-electron chi connectivity index (χ4n) is 2.96. The molecule has 3 rings (SSSR count). The zero-order chi connectivity index (χ0) is 17.6. The number of benzene rings is 1. The predicted molar refractivity (Wildman–Crippen MR) is 98.3 cm³/mol. The molecular weight excluding hydrogens is 339 g/mol. The van der Waals surface area contributed by atoms with Gasteiger partial charge in [-0.2, -0.15) is 0 Å². The molecule has 4 nitrogen and oxygen atoms in total. The molecule has 0 bridgehead atoms. The topological polar surface area (TPSA) is 41.6 Å². The molecule has 1 aromatic carbocycles. The first-order valence-electron chi connectivity index (χ1n) is 8.52. The van der Waals surface area contributed by atoms with Crippen LogP contribution in [-0.4, -0.2) is 36.6 Å². The van der Waals surface area contributed by atoms with Crippen LogP contribution >= 0.6 is 11.3 Å². The Morgan fingerprint density at radius 3 is 3.00 bits per heavy atom. The van der Waals surface area contributed by atoms with Gasteiger partial charge in [0.25, 0.3) is 0 Å². The van der Waals surface area contributed by atoms with Crippen molar-refractivity contribution in [2.75, 3.05) is 25.0 Å². The van der Waals surface area contributed by atoms with Gasteiger partial charge in [-0.3, -0.25) is 9.69 Å². The summed E-state index contributed by atoms with van der Waals surface area (Å²) in [6.45, 7) is 4.20. The second-order valence-electron chi connectivity index (χ2n) is 6.40. The Bertz CT molecular complexity index is 699. The van der Waals surface area contributed by atoms with Crippen LogP contribution in [0.5, 0.6) is 0 Å². The van der Waals surface area contributed by atoms with Gasteiger partial charge in [0.2, 0.25) is 5.91 Å². The number of ether oxygens (including phenoxy) is 1. The van der Waals surface area contributed by atoms with E-state index in [9.17, 15) is 9.18 Å². The Kier molecular flexibility index (Phi) is 6.18. The van der Waals surface area contributed by atoms with Gasteiger partial charge >= 0.3 is 0 Å². The normalized spacial score (nSPS) is 17.2. The van der Waals surface area contributed by atoms with Gasteiger partial charge in [0, 0.05) is 30.3 Å². The molecule has 1 unspecified atom stereocenters. The maximum absolute atomic E-state index is 13.6. The molecule has 1 fully saturated rings. The molecule has 6 heteroatoms. The van der Waals surface area contributed by atoms with E-state index in [1.54, 1.807) is 30.4 Å². The quantitative estimate of drug-likeness (QED) is 0.814. The van der Waals surface area contributed by atoms with E-state index >= 15 is 0 Å². The molecule has 2 aromatic rings. The molecule has 1 aliphatic heterocycles. The second-order valence-corrected chi connectivity index (χ2v) is 7.43. The molecule has 1 aliphatic rings. The minimum atomic E-state index is -0.312. The highest BCUT2D eigenvalue weighted by molar-refractivity contribution is 7.09. The van der Waals surface area contributed by atoms with Crippen LogP contribution in [-0.2, 0) is 16.1 Å². The molecule has 1 aromatic heterocycles. The number of thiophene rings is 1. The van der Waals surface area contributed by atoms with Gasteiger partial charge in [-0.1, -0.05) is 12.1 Å². The molecule has 2 heterocycles. The third-order valence-corrected chi connectivity index (χ3v) is 5.13. The van der Waals surface area contributed by atoms with E-state index < -0.39 is 0 Å². The zero-order valence-electron chi connectivity index (χ0n) is 14.3. The van der Waals surface area contributed by atoms with Crippen LogP contribution in [0, 0.1) is 12.7 Å². The van der Waals surface area contributed by atoms with Crippen LogP contribution in [0.1, 0.15) is 23.3 Å². The van der Waals surface area contributed by atoms with E-state index in [2.05, 4.69) is 16.3 Å². The predicted octanol–water partition coefficient (Wildman–Crippen LogP) is 3.82. The van der Waals surface area contributed by atoms with E-state index in [1.807, 2.05) is 11.4 Å². The summed E-state index contributed by atoms with van der Waals surface area (Å²) in [5, 5.41) is 4.82. The number of carbonyl (C=O) groups excluding carboxylic acids is 1. The van der Waals surface area contributed by atoms with E-state index in [0.29, 0.717) is 17.8 Å². The van der Waals surface area contributed by atoms with Crippen LogP contribution < -0.4 is 5.32 Å². The number of carbonyl (C=O) groups is 1. The van der Waals surface area contributed by atoms with Crippen molar-refractivity contribution in [3.8, 4) is 0 Å². The Hall–Kier alpha value is -1.76. The summed E-state index contributed by atoms with van der Waals surface area (Å²) >= 11 is 1.68. The van der Waals surface area contributed by atoms with Gasteiger partial charge in [0.15, 0.2) is 0 Å². The SMILES string of the molecule is Cc1ccc(NC(=O)CN(Cc2cccs2)CC2CCCO2)cc1F. The lowest BCUT2D eigenvalue weighted by Gasteiger charge is -2.24. The van der Waals surface area contributed by atoms with Crippen LogP contribution in [0.2, 0.25) is 0 Å². The number of anilines is 1. The van der Waals surface area contributed by atoms with Crippen molar-refractivity contribution in [2.45, 2.75) is 32.4 Å². The summed E-state index contributed by atoms with van der Waals surface area (Å²) in [7, 11) is 0. The first kappa shape index (κ1) is 18.0. The number of nitrogens with zero attached hydrogens (tertiary/aromatic N) is 1. The van der Waals surface area contributed by atoms with Crippen molar-refractivity contribution in [3.05, 3.63) is 52.0 Å². The van der Waals surface area contributed by atoms with Crippen molar-refractivity contribution in [2.24, 2.45) is 0 Å². The lowest BCUT2D eigenvalue weighted by molar-refractivity contribution is -0.117. The number of hydrogen-bond acceptors (Lipinski definition) is 4. The molecule has 0 radical (unpaired) electrons. The lowest BCUT2D eigenvalue weighted by atomic mass is 10.2. The molecule has 134 valence electrons. The van der Waals surface area contributed by atoms with Gasteiger partial charge in [-0.05, 0) is 48.9 Å². The zero-order valence-corrected chi connectivity index (χ0v) is 15.2. The van der Waals surface area contributed by atoms with Crippen LogP contribution in [0.3, 0.4) is 0 Å². The fraction of sp³-hybridized carbons (Fsp3) is 0.421. The molecular formula is C19H23FN2O2S. The van der Waals surface area contributed by atoms with E-state index in [0.717, 1.165) is 26.0 Å². The Morgan fingerprint density at radius 2 is 2.32 bits per heavy atom. The Morgan fingerprint density at radius 1 is 1.44 bits per heavy atom. The molecule has 0 aliphatic carbocycles. The average Bonchev–Trinajstić information content (AvgIpc) is 3.25. The van der Waals surface area contributed by atoms with Crippen molar-refractivity contribution in [3.63, 3.8) is 0 Å². The molecule has 1 saturated heterocycles. The average molecular weight is 362 g/mol. The molecule has 25 heavy (non-hydrogen) atoms. The summed E-state index contributed by atoms with van der Waals surface area (Å²) < 4.78 is 19.3. The van der Waals surface area contributed by atoms with Gasteiger partial charge in [0.1, 0.15) is 5.82 Å². The third kappa shape index (κ3) is 5.36. The van der Waals surface area contributed by atoms with Crippen LogP contribution in [0.25, 0.3) is 0 Å². The summed E-state index contributed by atoms with van der Waals surface area (Å²) in [6, 6.07) is 8.83. The standard InChI is InChI=1S/C19H23FN2O2S/c1-14-6-7-15(10-18(14)20)21-19(23)13-22(11-16-4-2-8-24-16)12-17-5-3-9-25-17/h3,5-7,9-10,16H,2,4,8,11-13H2,1H3,(H,21,23). The minimum Gasteiger partial charge on any atom is -0.377 e. The first-order valence-corrected chi connectivity index (χ1v) is 9.40. The Balaban J connectivity index is 1.61. The second kappa shape index (κ2) is 8.56. The maximum atomic E-state index is 13.6. The molecule has 1 N–H and O–H groups in total. The summed E-state index contributed by atoms with van der Waals surface area (Å²) in [4.78, 5) is 15.7. The largest absolute Gasteiger partial charge is 0.377 e. The number of hydrogen-bond donors (Lipinski definition) is 1. The van der Waals surface area contributed by atoms with Crippen molar-refractivity contribution >= 4 is 22.9 Å². The van der Waals surface area contributed by atoms with Gasteiger partial charge in [-0.15, -0.1) is 11.3 Å². The molecule has 0 spiro atoms. The smallest absolute Gasteiger partial charge is 0.238 e. The van der Waals surface area contributed by atoms with Gasteiger partial charge in [-0.25, -0.2) is 4.39 Å². The third-order valence-electron chi connectivity index (χ3n) is 4.27. The van der Waals surface area contributed by atoms with Crippen molar-refractivity contribution < 1.29 is 13.9 Å². The number of halogens is 1. The maximum Gasteiger partial charge on any atom is 0.238 e. The Labute approximate surface area is 151 Å². The fourth-order valence-corrected chi connectivity index (χ4v) is 3.70. The highest BCUT2D eigenvalue weighted by Gasteiger charge is 2.21. The monoisotopic (exact) mass is 362 g/mol. The highest BCUT2D eigenvalue weighted by atomic mass is 32.1. The van der Waals surface area contributed by atoms with E-state index in [1.165, 1.54) is 10.9 Å². The minimum absolute atomic E-state index is 0.141. The van der Waals surface area contributed by atoms with Crippen LogP contribution in [0.4, 0.5) is 10.1 Å². The number of nitrogens with one attached hydrogen (secondary N) is 1. The molecule has 1 amide bonds. The van der Waals surface area contributed by atoms with Gasteiger partial charge in [0.05, 0.1) is 12.6 Å². The molecule has 0 saturated carbocycles. The number of rotatable bonds is 7. The molecule has 1 atom stereocenters. The highest BCUT2D eigenvalue weighted by Crippen LogP contribution is 2.18. The summed E-state index contributed by atoms with van der Waals surface area (Å²) in [6.07, 6.45) is 2.29. The van der Waals surface area contributed by atoms with E-state index in [4.69, 9.17) is 4.74 Å². The number of amides is 1. The van der Waals surface area contributed by atoms with E-state index in [-0.39, 0.29) is 24.4 Å². The van der Waals surface area contributed by atoms with Gasteiger partial charge < -0.3 is 10.1 Å². The summed E-state index contributed by atoms with van der Waals surface area (Å²) in [5.74, 6) is -0.453. The first-order chi connectivity index (χ1) is 12.1. The number of aryl methyl sites for hydroxylation is 1. The summed E-state index contributed by atoms with van der Waals surface area (Å²) in [5.41, 5.74) is 1.05. The van der Waals surface area contributed by atoms with Crippen molar-refractivity contribution in [1.82, 2.24) is 4.90 Å².